The maximum absolute atomic E-state index is 7.68. The molecule has 4 aliphatic rings. The molecule has 0 radical (unpaired) electrons. The van der Waals surface area contributed by atoms with Gasteiger partial charge < -0.3 is 23.5 Å². The van der Waals surface area contributed by atoms with Crippen molar-refractivity contribution in [3.8, 4) is 39.4 Å². The van der Waals surface area contributed by atoms with Crippen molar-refractivity contribution in [1.82, 2.24) is 4.57 Å². The fourth-order valence-corrected chi connectivity index (χ4v) is 16.7. The van der Waals surface area contributed by atoms with Crippen LogP contribution in [0.2, 0.25) is 0 Å². The Bertz CT molecular complexity index is 5390. The van der Waals surface area contributed by atoms with Gasteiger partial charge in [0.05, 0.1) is 27.5 Å². The molecule has 0 amide bonds. The topological polar surface area (TPSA) is 33.8 Å². The lowest BCUT2D eigenvalue weighted by atomic mass is 9.34. The first-order valence-corrected chi connectivity index (χ1v) is 33.9. The van der Waals surface area contributed by atoms with E-state index in [2.05, 4.69) is 340 Å². The fraction of sp³-hybridized carbons (Fsp3) is 0.191. The standard InChI is InChI=1S/C89H76BN3O2/c1-85(2,3)53-32-38-57(39-33-53)91(58-40-34-54(35-41-58)86(4,5)6)60-43-45-72-80(51-60)94-79-31-21-29-75-82(79)90(72)83-77(92(75)59-42-44-64-63-24-15-19-28-70(63)89(71(64)50-59)68-26-17-13-22-61(68)62-23-14-18-27-69(62)89)52-76(81-65-25-16-20-30-78(65)95-84(81)83)93-73-46-36-55(87(7,8)9)48-66(73)67-49-56(88(10,11)12)37-47-74(67)93/h13-52H,1-12H3. The molecule has 0 bridgehead atoms. The zero-order valence-electron chi connectivity index (χ0n) is 56.3. The van der Waals surface area contributed by atoms with Crippen molar-refractivity contribution in [2.45, 2.75) is 110 Å². The summed E-state index contributed by atoms with van der Waals surface area (Å²) in [7, 11) is 0. The van der Waals surface area contributed by atoms with Crippen molar-refractivity contribution >= 4 is 101 Å². The van der Waals surface area contributed by atoms with Crippen molar-refractivity contribution < 1.29 is 9.15 Å². The van der Waals surface area contributed by atoms with Gasteiger partial charge in [-0.15, -0.1) is 0 Å². The first-order chi connectivity index (χ1) is 45.6. The molecule has 18 rings (SSSR count). The molecule has 2 aromatic heterocycles. The largest absolute Gasteiger partial charge is 0.458 e. The Morgan fingerprint density at radius 3 is 1.43 bits per heavy atom. The van der Waals surface area contributed by atoms with E-state index in [1.54, 1.807) is 0 Å². The second-order valence-corrected chi connectivity index (χ2v) is 31.3. The van der Waals surface area contributed by atoms with Gasteiger partial charge in [-0.25, -0.2) is 0 Å². The van der Waals surface area contributed by atoms with Crippen LogP contribution in [0.4, 0.5) is 34.1 Å². The number of anilines is 6. The van der Waals surface area contributed by atoms with Crippen molar-refractivity contribution in [3.05, 3.63) is 287 Å². The summed E-state index contributed by atoms with van der Waals surface area (Å²) in [6, 6.07) is 92.1. The SMILES string of the molecule is CC(C)(C)c1ccc(N(c2ccc(C(C)(C)C)cc2)c2ccc3c(c2)Oc2cccc4c2B3c2c(cc(-n3c5ccc(C(C)(C)C)cc5c5cc(C(C)(C)C)ccc53)c3c2oc2ccccc23)N4c2ccc3c(c2)C2(c4ccccc4-c4ccccc42)c2ccccc2-3)cc1. The first-order valence-electron chi connectivity index (χ1n) is 33.9. The van der Waals surface area contributed by atoms with Crippen LogP contribution in [0.5, 0.6) is 11.5 Å². The molecule has 14 aromatic rings. The van der Waals surface area contributed by atoms with E-state index in [1.165, 1.54) is 77.5 Å². The van der Waals surface area contributed by atoms with Crippen LogP contribution >= 0.6 is 0 Å². The number of benzene rings is 12. The molecule has 2 aliphatic heterocycles. The van der Waals surface area contributed by atoms with Gasteiger partial charge in [0.15, 0.2) is 0 Å². The summed E-state index contributed by atoms with van der Waals surface area (Å²) >= 11 is 0. The van der Waals surface area contributed by atoms with Gasteiger partial charge >= 0.3 is 0 Å². The summed E-state index contributed by atoms with van der Waals surface area (Å²) in [5, 5.41) is 4.63. The molecule has 2 aliphatic carbocycles. The summed E-state index contributed by atoms with van der Waals surface area (Å²) in [5.41, 5.74) is 29.5. The number of aromatic nitrogens is 1. The number of rotatable bonds is 5. The molecular weight excluding hydrogens is 1150 g/mol. The summed E-state index contributed by atoms with van der Waals surface area (Å²) in [6.45, 7) is 27.3. The van der Waals surface area contributed by atoms with E-state index < -0.39 is 5.41 Å². The van der Waals surface area contributed by atoms with Crippen molar-refractivity contribution in [3.63, 3.8) is 0 Å². The van der Waals surface area contributed by atoms with Crippen molar-refractivity contribution in [2.75, 3.05) is 9.80 Å². The third-order valence-corrected chi connectivity index (χ3v) is 21.5. The van der Waals surface area contributed by atoms with E-state index in [4.69, 9.17) is 9.15 Å². The number of hydrogen-bond donors (Lipinski definition) is 0. The molecule has 5 nitrogen and oxygen atoms in total. The van der Waals surface area contributed by atoms with E-state index in [9.17, 15) is 0 Å². The van der Waals surface area contributed by atoms with Gasteiger partial charge in [0.1, 0.15) is 22.7 Å². The Labute approximate surface area is 558 Å². The fourth-order valence-electron chi connectivity index (χ4n) is 16.7. The molecule has 0 atom stereocenters. The Kier molecular flexibility index (Phi) is 12.0. The van der Waals surface area contributed by atoms with Crippen LogP contribution < -0.4 is 30.9 Å². The van der Waals surface area contributed by atoms with Crippen LogP contribution in [0.25, 0.3) is 71.7 Å². The van der Waals surface area contributed by atoms with Crippen molar-refractivity contribution in [1.29, 1.82) is 0 Å². The third kappa shape index (κ3) is 8.28. The predicted molar refractivity (Wildman–Crippen MR) is 400 cm³/mol. The first kappa shape index (κ1) is 57.4. The quantitative estimate of drug-likeness (QED) is 0.161. The molecule has 95 heavy (non-hydrogen) atoms. The smallest absolute Gasteiger partial charge is 0.261 e. The number of ether oxygens (including phenoxy) is 1. The van der Waals surface area contributed by atoms with E-state index >= 15 is 0 Å². The van der Waals surface area contributed by atoms with Gasteiger partial charge in [-0.1, -0.05) is 229 Å². The van der Waals surface area contributed by atoms with E-state index in [-0.39, 0.29) is 28.4 Å². The van der Waals surface area contributed by atoms with Crippen LogP contribution in [0.15, 0.2) is 247 Å². The van der Waals surface area contributed by atoms with E-state index in [0.29, 0.717) is 0 Å². The summed E-state index contributed by atoms with van der Waals surface area (Å²) in [5.74, 6) is 1.64. The minimum absolute atomic E-state index is 0.000259. The number of hydrogen-bond acceptors (Lipinski definition) is 4. The lowest BCUT2D eigenvalue weighted by Gasteiger charge is -2.41. The summed E-state index contributed by atoms with van der Waals surface area (Å²) in [6.07, 6.45) is 0. The minimum Gasteiger partial charge on any atom is -0.458 e. The van der Waals surface area contributed by atoms with Gasteiger partial charge in [0.2, 0.25) is 0 Å². The molecule has 0 fully saturated rings. The molecule has 4 heterocycles. The molecule has 6 heteroatoms. The minimum atomic E-state index is -0.558. The molecule has 0 unspecified atom stereocenters. The monoisotopic (exact) mass is 1230 g/mol. The molecule has 0 N–H and O–H groups in total. The molecule has 12 aromatic carbocycles. The Morgan fingerprint density at radius 1 is 0.368 bits per heavy atom. The lowest BCUT2D eigenvalue weighted by Crippen LogP contribution is -2.59. The zero-order chi connectivity index (χ0) is 65.0. The van der Waals surface area contributed by atoms with Gasteiger partial charge in [0, 0.05) is 56.3 Å². The molecular formula is C89H76BN3O2. The number of para-hydroxylation sites is 1. The number of furan rings is 1. The number of fused-ring (bicyclic) bond motifs is 21. The highest BCUT2D eigenvalue weighted by molar-refractivity contribution is 7.00. The average molecular weight is 1230 g/mol. The van der Waals surface area contributed by atoms with Crippen LogP contribution in [0.1, 0.15) is 128 Å². The second-order valence-electron chi connectivity index (χ2n) is 31.3. The maximum Gasteiger partial charge on any atom is 0.261 e. The molecule has 0 saturated carbocycles. The molecule has 462 valence electrons. The van der Waals surface area contributed by atoms with Crippen LogP contribution in [0.3, 0.4) is 0 Å². The third-order valence-electron chi connectivity index (χ3n) is 21.5. The van der Waals surface area contributed by atoms with Gasteiger partial charge in [-0.05, 0) is 196 Å². The Morgan fingerprint density at radius 2 is 0.874 bits per heavy atom. The Hall–Kier alpha value is -10.3. The van der Waals surface area contributed by atoms with Crippen molar-refractivity contribution in [2.24, 2.45) is 0 Å². The number of nitrogens with zero attached hydrogens (tertiary/aromatic N) is 3. The maximum atomic E-state index is 7.68. The predicted octanol–water partition coefficient (Wildman–Crippen LogP) is 22.1. The zero-order valence-corrected chi connectivity index (χ0v) is 56.3. The van der Waals surface area contributed by atoms with Crippen LogP contribution in [0, 0.1) is 0 Å². The van der Waals surface area contributed by atoms with Gasteiger partial charge in [-0.3, -0.25) is 0 Å². The highest BCUT2D eigenvalue weighted by Crippen LogP contribution is 2.64. The molecule has 0 saturated heterocycles. The Balaban J connectivity index is 0.928. The van der Waals surface area contributed by atoms with Gasteiger partial charge in [0.25, 0.3) is 6.71 Å². The highest BCUT2D eigenvalue weighted by atomic mass is 16.5. The lowest BCUT2D eigenvalue weighted by molar-refractivity contribution is 0.487. The molecule has 1 spiro atoms. The average Bonchev–Trinajstić information content (AvgIpc) is 1.42. The van der Waals surface area contributed by atoms with Crippen LogP contribution in [-0.2, 0) is 27.1 Å². The summed E-state index contributed by atoms with van der Waals surface area (Å²) in [4.78, 5) is 4.94. The van der Waals surface area contributed by atoms with Crippen LogP contribution in [-0.4, -0.2) is 11.3 Å². The van der Waals surface area contributed by atoms with E-state index in [0.717, 1.165) is 101 Å². The highest BCUT2D eigenvalue weighted by Gasteiger charge is 2.52. The van der Waals surface area contributed by atoms with Gasteiger partial charge in [-0.2, -0.15) is 0 Å². The second kappa shape index (κ2) is 19.9. The normalized spacial score (nSPS) is 14.2. The summed E-state index contributed by atoms with van der Waals surface area (Å²) < 4.78 is 17.7. The van der Waals surface area contributed by atoms with E-state index in [1.807, 2.05) is 0 Å².